The molecule has 0 amide bonds. The van der Waals surface area contributed by atoms with Crippen LogP contribution in [0.15, 0.2) is 36.5 Å². The summed E-state index contributed by atoms with van der Waals surface area (Å²) in [7, 11) is 0. The molecule has 0 radical (unpaired) electrons. The lowest BCUT2D eigenvalue weighted by molar-refractivity contribution is 0.0697. The number of benzene rings is 1. The van der Waals surface area contributed by atoms with E-state index in [2.05, 4.69) is 22.9 Å². The first-order chi connectivity index (χ1) is 9.61. The fourth-order valence-corrected chi connectivity index (χ4v) is 2.26. The van der Waals surface area contributed by atoms with Crippen LogP contribution in [0.1, 0.15) is 29.4 Å². The molecule has 2 rings (SSSR count). The molecular formula is C15H17ClN2O2. The molecule has 1 heterocycles. The number of aromatic nitrogens is 1. The molecular weight excluding hydrogens is 276 g/mol. The fraction of sp³-hybridized carbons (Fsp3) is 0.267. The molecule has 0 aliphatic carbocycles. The predicted molar refractivity (Wildman–Crippen MR) is 80.5 cm³/mol. The van der Waals surface area contributed by atoms with Crippen LogP contribution in [0.5, 0.6) is 0 Å². The molecule has 0 aliphatic rings. The summed E-state index contributed by atoms with van der Waals surface area (Å²) in [5.74, 6) is -1.02. The van der Waals surface area contributed by atoms with Crippen molar-refractivity contribution >= 4 is 23.3 Å². The summed E-state index contributed by atoms with van der Waals surface area (Å²) < 4.78 is 2.18. The van der Waals surface area contributed by atoms with E-state index >= 15 is 0 Å². The number of carboxylic acid groups (broad SMARTS) is 1. The molecule has 0 spiro atoms. The molecule has 0 saturated carbocycles. The van der Waals surface area contributed by atoms with Crippen LogP contribution in [-0.4, -0.2) is 15.6 Å². The Labute approximate surface area is 123 Å². The van der Waals surface area contributed by atoms with Crippen molar-refractivity contribution in [3.8, 4) is 0 Å². The van der Waals surface area contributed by atoms with E-state index in [9.17, 15) is 4.79 Å². The molecule has 4 nitrogen and oxygen atoms in total. The fourth-order valence-electron chi connectivity index (χ4n) is 2.06. The first-order valence-electron chi connectivity index (χ1n) is 6.52. The van der Waals surface area contributed by atoms with Gasteiger partial charge in [0.1, 0.15) is 0 Å². The van der Waals surface area contributed by atoms with E-state index in [1.54, 1.807) is 18.2 Å². The lowest BCUT2D eigenvalue weighted by atomic mass is 10.2. The second kappa shape index (κ2) is 6.48. The lowest BCUT2D eigenvalue weighted by Crippen LogP contribution is -2.07. The number of aromatic carboxylic acids is 1. The van der Waals surface area contributed by atoms with Crippen molar-refractivity contribution in [2.24, 2.45) is 0 Å². The van der Waals surface area contributed by atoms with Crippen LogP contribution in [0.3, 0.4) is 0 Å². The van der Waals surface area contributed by atoms with Crippen LogP contribution in [0.4, 0.5) is 5.69 Å². The summed E-state index contributed by atoms with van der Waals surface area (Å²) in [5.41, 5.74) is 2.02. The van der Waals surface area contributed by atoms with E-state index in [0.29, 0.717) is 6.54 Å². The molecule has 106 valence electrons. The molecule has 1 aromatic carbocycles. The van der Waals surface area contributed by atoms with Gasteiger partial charge in [-0.3, -0.25) is 0 Å². The number of hydrogen-bond donors (Lipinski definition) is 2. The van der Waals surface area contributed by atoms with Gasteiger partial charge in [-0.1, -0.05) is 18.5 Å². The molecule has 0 unspecified atom stereocenters. The molecule has 0 saturated heterocycles. The van der Waals surface area contributed by atoms with Crippen molar-refractivity contribution in [1.29, 1.82) is 0 Å². The third kappa shape index (κ3) is 3.33. The Bertz CT molecular complexity index is 608. The first-order valence-corrected chi connectivity index (χ1v) is 6.90. The molecule has 0 aliphatic heterocycles. The number of nitrogens with zero attached hydrogens (tertiary/aromatic N) is 1. The maximum Gasteiger partial charge on any atom is 0.337 e. The number of aryl methyl sites for hydroxylation is 1. The normalized spacial score (nSPS) is 10.5. The van der Waals surface area contributed by atoms with Crippen molar-refractivity contribution in [1.82, 2.24) is 4.57 Å². The average Bonchev–Trinajstić information content (AvgIpc) is 2.85. The minimum absolute atomic E-state index is 0.112. The minimum Gasteiger partial charge on any atom is -0.478 e. The van der Waals surface area contributed by atoms with Crippen molar-refractivity contribution in [2.45, 2.75) is 26.4 Å². The Morgan fingerprint density at radius 2 is 2.20 bits per heavy atom. The van der Waals surface area contributed by atoms with Gasteiger partial charge in [-0.15, -0.1) is 0 Å². The zero-order valence-corrected chi connectivity index (χ0v) is 12.0. The molecule has 20 heavy (non-hydrogen) atoms. The number of carboxylic acids is 1. The summed E-state index contributed by atoms with van der Waals surface area (Å²) in [6.45, 7) is 3.76. The van der Waals surface area contributed by atoms with E-state index < -0.39 is 5.97 Å². The molecule has 0 bridgehead atoms. The van der Waals surface area contributed by atoms with Gasteiger partial charge in [0, 0.05) is 24.1 Å². The summed E-state index contributed by atoms with van der Waals surface area (Å²) in [6.07, 6.45) is 3.12. The molecule has 2 N–H and O–H groups in total. The van der Waals surface area contributed by atoms with Gasteiger partial charge in [-0.05, 0) is 36.8 Å². The Morgan fingerprint density at radius 1 is 1.40 bits per heavy atom. The third-order valence-electron chi connectivity index (χ3n) is 3.06. The first kappa shape index (κ1) is 14.5. The predicted octanol–water partition coefficient (Wildman–Crippen LogP) is 3.86. The van der Waals surface area contributed by atoms with Gasteiger partial charge >= 0.3 is 5.97 Å². The lowest BCUT2D eigenvalue weighted by Gasteiger charge is -2.11. The van der Waals surface area contributed by atoms with E-state index in [1.165, 1.54) is 5.69 Å². The van der Waals surface area contributed by atoms with Gasteiger partial charge in [0.2, 0.25) is 0 Å². The Balaban J connectivity index is 2.09. The van der Waals surface area contributed by atoms with Gasteiger partial charge in [-0.2, -0.15) is 0 Å². The Morgan fingerprint density at radius 3 is 2.90 bits per heavy atom. The standard InChI is InChI=1S/C15H17ClN2O2/c1-2-7-18-8-3-4-12(18)10-17-11-5-6-14(16)13(9-11)15(19)20/h3-6,8-9,17H,2,7,10H2,1H3,(H,19,20). The van der Waals surface area contributed by atoms with Gasteiger partial charge in [0.05, 0.1) is 17.1 Å². The van der Waals surface area contributed by atoms with Gasteiger partial charge in [0.25, 0.3) is 0 Å². The van der Waals surface area contributed by atoms with E-state index in [-0.39, 0.29) is 10.6 Å². The largest absolute Gasteiger partial charge is 0.478 e. The van der Waals surface area contributed by atoms with E-state index in [1.807, 2.05) is 12.3 Å². The van der Waals surface area contributed by atoms with Crippen LogP contribution in [0.25, 0.3) is 0 Å². The van der Waals surface area contributed by atoms with Gasteiger partial charge in [0.15, 0.2) is 0 Å². The van der Waals surface area contributed by atoms with E-state index in [0.717, 1.165) is 18.7 Å². The SMILES string of the molecule is CCCn1cccc1CNc1ccc(Cl)c(C(=O)O)c1. The van der Waals surface area contributed by atoms with E-state index in [4.69, 9.17) is 16.7 Å². The van der Waals surface area contributed by atoms with Crippen LogP contribution in [-0.2, 0) is 13.1 Å². The summed E-state index contributed by atoms with van der Waals surface area (Å²) in [5, 5.41) is 12.5. The maximum atomic E-state index is 11.0. The van der Waals surface area contributed by atoms with Crippen molar-refractivity contribution < 1.29 is 9.90 Å². The average molecular weight is 293 g/mol. The number of rotatable bonds is 6. The highest BCUT2D eigenvalue weighted by Crippen LogP contribution is 2.21. The number of hydrogen-bond acceptors (Lipinski definition) is 2. The van der Waals surface area contributed by atoms with Crippen LogP contribution < -0.4 is 5.32 Å². The van der Waals surface area contributed by atoms with Crippen molar-refractivity contribution in [3.05, 3.63) is 52.8 Å². The second-order valence-electron chi connectivity index (χ2n) is 4.55. The zero-order valence-electron chi connectivity index (χ0n) is 11.3. The van der Waals surface area contributed by atoms with Crippen LogP contribution >= 0.6 is 11.6 Å². The smallest absolute Gasteiger partial charge is 0.337 e. The zero-order chi connectivity index (χ0) is 14.5. The molecule has 1 aromatic heterocycles. The molecule has 2 aromatic rings. The molecule has 0 atom stereocenters. The number of anilines is 1. The van der Waals surface area contributed by atoms with Crippen LogP contribution in [0.2, 0.25) is 5.02 Å². The maximum absolute atomic E-state index is 11.0. The number of carbonyl (C=O) groups is 1. The highest BCUT2D eigenvalue weighted by Gasteiger charge is 2.09. The minimum atomic E-state index is -1.02. The van der Waals surface area contributed by atoms with Gasteiger partial charge < -0.3 is 15.0 Å². The summed E-state index contributed by atoms with van der Waals surface area (Å²) in [6, 6.07) is 8.99. The van der Waals surface area contributed by atoms with Crippen molar-refractivity contribution in [3.63, 3.8) is 0 Å². The number of nitrogens with one attached hydrogen (secondary N) is 1. The van der Waals surface area contributed by atoms with Crippen molar-refractivity contribution in [2.75, 3.05) is 5.32 Å². The summed E-state index contributed by atoms with van der Waals surface area (Å²) in [4.78, 5) is 11.0. The van der Waals surface area contributed by atoms with Gasteiger partial charge in [-0.25, -0.2) is 4.79 Å². The quantitative estimate of drug-likeness (QED) is 0.850. The van der Waals surface area contributed by atoms with Crippen LogP contribution in [0, 0.1) is 0 Å². The topological polar surface area (TPSA) is 54.3 Å². The highest BCUT2D eigenvalue weighted by molar-refractivity contribution is 6.33. The molecule has 0 fully saturated rings. The number of halogens is 1. The highest BCUT2D eigenvalue weighted by atomic mass is 35.5. The second-order valence-corrected chi connectivity index (χ2v) is 4.95. The Hall–Kier alpha value is -1.94. The monoisotopic (exact) mass is 292 g/mol. The Kier molecular flexibility index (Phi) is 4.69. The third-order valence-corrected chi connectivity index (χ3v) is 3.39. The molecule has 5 heteroatoms. The summed E-state index contributed by atoms with van der Waals surface area (Å²) >= 11 is 5.84.